The molecule has 1 aliphatic rings. The maximum Gasteiger partial charge on any atom is 0.333 e. The molecule has 0 saturated carbocycles. The van der Waals surface area contributed by atoms with Crippen molar-refractivity contribution < 1.29 is 14.6 Å². The molecule has 1 atom stereocenters. The lowest BCUT2D eigenvalue weighted by Crippen LogP contribution is -2.41. The number of hydrogen-bond donors (Lipinski definition) is 1. The highest BCUT2D eigenvalue weighted by atomic mass is 32.1. The van der Waals surface area contributed by atoms with Gasteiger partial charge in [0.2, 0.25) is 0 Å². The van der Waals surface area contributed by atoms with E-state index in [1.165, 1.54) is 17.4 Å². The number of piperidine rings is 1. The number of thiazole rings is 1. The van der Waals surface area contributed by atoms with E-state index in [1.807, 2.05) is 6.92 Å². The third-order valence-corrected chi connectivity index (χ3v) is 5.46. The molecule has 2 aromatic rings. The number of carbonyl (C=O) groups is 1. The van der Waals surface area contributed by atoms with Crippen molar-refractivity contribution in [2.75, 3.05) is 20.2 Å². The second-order valence-electron chi connectivity index (χ2n) is 6.14. The Kier molecular flexibility index (Phi) is 4.94. The van der Waals surface area contributed by atoms with Crippen LogP contribution in [0.1, 0.15) is 23.4 Å². The first-order valence-electron chi connectivity index (χ1n) is 7.91. The van der Waals surface area contributed by atoms with E-state index >= 15 is 0 Å². The summed E-state index contributed by atoms with van der Waals surface area (Å²) in [5.74, 6) is -0.739. The van der Waals surface area contributed by atoms with Crippen molar-refractivity contribution >= 4 is 27.5 Å². The molecular weight excluding hydrogens is 312 g/mol. The second kappa shape index (κ2) is 6.95. The molecule has 0 bridgehead atoms. The fourth-order valence-electron chi connectivity index (χ4n) is 3.35. The van der Waals surface area contributed by atoms with Crippen molar-refractivity contribution in [1.82, 2.24) is 9.88 Å². The van der Waals surface area contributed by atoms with Gasteiger partial charge in [-0.15, -0.1) is 11.3 Å². The summed E-state index contributed by atoms with van der Waals surface area (Å²) in [7, 11) is 1.48. The number of likely N-dealkylation sites (tertiary alicyclic amines) is 1. The Bertz CT molecular complexity index is 692. The summed E-state index contributed by atoms with van der Waals surface area (Å²) in [5.41, 5.74) is 2.36. The molecule has 0 amide bonds. The Morgan fingerprint density at radius 2 is 2.22 bits per heavy atom. The Morgan fingerprint density at radius 1 is 1.48 bits per heavy atom. The highest BCUT2D eigenvalue weighted by Gasteiger charge is 2.31. The number of aryl methyl sites for hydroxylation is 1. The number of rotatable bonds is 5. The van der Waals surface area contributed by atoms with Crippen LogP contribution in [0.15, 0.2) is 18.2 Å². The number of fused-ring (bicyclic) bond motifs is 1. The molecule has 23 heavy (non-hydrogen) atoms. The number of hydrogen-bond acceptors (Lipinski definition) is 5. The van der Waals surface area contributed by atoms with Crippen LogP contribution in [0.2, 0.25) is 0 Å². The molecule has 6 heteroatoms. The van der Waals surface area contributed by atoms with Gasteiger partial charge in [-0.25, -0.2) is 9.78 Å². The second-order valence-corrected chi connectivity index (χ2v) is 7.38. The molecule has 1 unspecified atom stereocenters. The van der Waals surface area contributed by atoms with Gasteiger partial charge in [0.05, 0.1) is 15.2 Å². The molecule has 124 valence electrons. The number of methoxy groups -OCH3 is 1. The van der Waals surface area contributed by atoms with Crippen molar-refractivity contribution in [3.8, 4) is 0 Å². The highest BCUT2D eigenvalue weighted by molar-refractivity contribution is 7.18. The van der Waals surface area contributed by atoms with Crippen LogP contribution >= 0.6 is 11.3 Å². The first-order chi connectivity index (χ1) is 11.1. The van der Waals surface area contributed by atoms with Crippen LogP contribution in [-0.2, 0) is 16.1 Å². The molecular formula is C17H22N2O3S. The van der Waals surface area contributed by atoms with Crippen molar-refractivity contribution in [3.63, 3.8) is 0 Å². The Labute approximate surface area is 139 Å². The van der Waals surface area contributed by atoms with Gasteiger partial charge in [0.1, 0.15) is 0 Å². The van der Waals surface area contributed by atoms with E-state index in [-0.39, 0.29) is 5.92 Å². The number of carboxylic acid groups (broad SMARTS) is 1. The highest BCUT2D eigenvalue weighted by Crippen LogP contribution is 2.26. The average Bonchev–Trinajstić information content (AvgIpc) is 2.88. The molecule has 0 spiro atoms. The van der Waals surface area contributed by atoms with Crippen LogP contribution in [0, 0.1) is 12.8 Å². The molecule has 0 radical (unpaired) electrons. The predicted molar refractivity (Wildman–Crippen MR) is 90.8 cm³/mol. The Morgan fingerprint density at radius 3 is 2.87 bits per heavy atom. The van der Waals surface area contributed by atoms with E-state index in [0.717, 1.165) is 43.0 Å². The van der Waals surface area contributed by atoms with Gasteiger partial charge in [-0.2, -0.15) is 0 Å². The number of carboxylic acids is 1. The average molecular weight is 334 g/mol. The van der Waals surface area contributed by atoms with Crippen LogP contribution in [-0.4, -0.2) is 47.3 Å². The first kappa shape index (κ1) is 16.4. The fourth-order valence-corrected chi connectivity index (χ4v) is 4.24. The summed E-state index contributed by atoms with van der Waals surface area (Å²) in [5, 5.41) is 10.3. The summed E-state index contributed by atoms with van der Waals surface area (Å²) >= 11 is 1.73. The van der Waals surface area contributed by atoms with Gasteiger partial charge in [-0.1, -0.05) is 6.07 Å². The lowest BCUT2D eigenvalue weighted by Gasteiger charge is -2.34. The van der Waals surface area contributed by atoms with Gasteiger partial charge in [0, 0.05) is 13.7 Å². The Hall–Kier alpha value is -1.50. The smallest absolute Gasteiger partial charge is 0.333 e. The van der Waals surface area contributed by atoms with Gasteiger partial charge in [0.25, 0.3) is 0 Å². The van der Waals surface area contributed by atoms with E-state index in [4.69, 9.17) is 4.74 Å². The molecule has 1 fully saturated rings. The normalized spacial score (nSPS) is 18.3. The minimum absolute atomic E-state index is 0.111. The Balaban J connectivity index is 1.60. The third kappa shape index (κ3) is 3.71. The van der Waals surface area contributed by atoms with E-state index in [2.05, 4.69) is 28.1 Å². The largest absolute Gasteiger partial charge is 0.479 e. The predicted octanol–water partition coefficient (Wildman–Crippen LogP) is 2.92. The van der Waals surface area contributed by atoms with Gasteiger partial charge in [-0.05, 0) is 56.5 Å². The molecule has 0 aliphatic carbocycles. The summed E-state index contributed by atoms with van der Waals surface area (Å²) in [6.45, 7) is 4.77. The van der Waals surface area contributed by atoms with Crippen LogP contribution < -0.4 is 0 Å². The van der Waals surface area contributed by atoms with Gasteiger partial charge >= 0.3 is 5.97 Å². The summed E-state index contributed by atoms with van der Waals surface area (Å²) in [6.07, 6.45) is 1.06. The molecule has 1 aliphatic heterocycles. The van der Waals surface area contributed by atoms with Crippen molar-refractivity contribution in [2.45, 2.75) is 32.4 Å². The van der Waals surface area contributed by atoms with E-state index in [9.17, 15) is 9.90 Å². The molecule has 1 N–H and O–H groups in total. The maximum atomic E-state index is 11.2. The number of aliphatic carboxylic acids is 1. The van der Waals surface area contributed by atoms with E-state index < -0.39 is 12.1 Å². The lowest BCUT2D eigenvalue weighted by molar-refractivity contribution is -0.153. The quantitative estimate of drug-likeness (QED) is 0.911. The molecule has 3 rings (SSSR count). The van der Waals surface area contributed by atoms with Crippen molar-refractivity contribution in [2.24, 2.45) is 5.92 Å². The van der Waals surface area contributed by atoms with Gasteiger partial charge in [-0.3, -0.25) is 4.90 Å². The number of benzene rings is 1. The third-order valence-electron chi connectivity index (χ3n) is 4.52. The number of aromatic nitrogens is 1. The standard InChI is InChI=1S/C17H22N2O3S/c1-11-18-14-4-3-12(9-15(14)23-11)10-19-7-5-13(6-8-19)16(22-2)17(20)21/h3-4,9,13,16H,5-8,10H2,1-2H3,(H,20,21). The monoisotopic (exact) mass is 334 g/mol. The molecule has 2 heterocycles. The molecule has 5 nitrogen and oxygen atoms in total. The zero-order valence-corrected chi connectivity index (χ0v) is 14.3. The molecule has 1 aromatic carbocycles. The van der Waals surface area contributed by atoms with Gasteiger partial charge in [0.15, 0.2) is 6.10 Å². The molecule has 1 aromatic heterocycles. The van der Waals surface area contributed by atoms with Crippen LogP contribution in [0.4, 0.5) is 0 Å². The molecule has 1 saturated heterocycles. The van der Waals surface area contributed by atoms with Crippen molar-refractivity contribution in [3.05, 3.63) is 28.8 Å². The van der Waals surface area contributed by atoms with Crippen molar-refractivity contribution in [1.29, 1.82) is 0 Å². The summed E-state index contributed by atoms with van der Waals surface area (Å²) < 4.78 is 6.37. The minimum Gasteiger partial charge on any atom is -0.479 e. The fraction of sp³-hybridized carbons (Fsp3) is 0.529. The van der Waals surface area contributed by atoms with E-state index in [1.54, 1.807) is 11.3 Å². The topological polar surface area (TPSA) is 62.7 Å². The summed E-state index contributed by atoms with van der Waals surface area (Å²) in [4.78, 5) is 18.1. The minimum atomic E-state index is -0.850. The zero-order chi connectivity index (χ0) is 16.4. The SMILES string of the molecule is COC(C(=O)O)C1CCN(Cc2ccc3nc(C)sc3c2)CC1. The van der Waals surface area contributed by atoms with Gasteiger partial charge < -0.3 is 9.84 Å². The van der Waals surface area contributed by atoms with Crippen LogP contribution in [0.25, 0.3) is 10.2 Å². The summed E-state index contributed by atoms with van der Waals surface area (Å²) in [6, 6.07) is 6.45. The van der Waals surface area contributed by atoms with Crippen LogP contribution in [0.5, 0.6) is 0 Å². The maximum absolute atomic E-state index is 11.2. The zero-order valence-electron chi connectivity index (χ0n) is 13.5. The van der Waals surface area contributed by atoms with E-state index in [0.29, 0.717) is 0 Å². The first-order valence-corrected chi connectivity index (χ1v) is 8.72. The lowest BCUT2D eigenvalue weighted by atomic mass is 9.91. The number of nitrogens with zero attached hydrogens (tertiary/aromatic N) is 2. The van der Waals surface area contributed by atoms with Crippen LogP contribution in [0.3, 0.4) is 0 Å². The number of ether oxygens (including phenoxy) is 1.